The molecule has 4 atom stereocenters. The summed E-state index contributed by atoms with van der Waals surface area (Å²) >= 11 is 0. The molecule has 1 aromatic carbocycles. The van der Waals surface area contributed by atoms with Crippen LogP contribution in [0.2, 0.25) is 0 Å². The number of aliphatic carboxylic acids is 1. The SMILES string of the molecule is Cc1ccc(NC(=O)[C@@H]2[C@H](C(=O)O)[C@H]3C=C[C@@H]2O3)cc1. The first-order valence-corrected chi connectivity index (χ1v) is 6.50. The van der Waals surface area contributed by atoms with Gasteiger partial charge < -0.3 is 15.2 Å². The van der Waals surface area contributed by atoms with E-state index in [0.717, 1.165) is 5.56 Å². The molecule has 3 rings (SSSR count). The normalized spacial score (nSPS) is 30.4. The van der Waals surface area contributed by atoms with Crippen LogP contribution in [-0.4, -0.2) is 29.2 Å². The predicted molar refractivity (Wildman–Crippen MR) is 72.2 cm³/mol. The zero-order chi connectivity index (χ0) is 14.3. The molecule has 0 unspecified atom stereocenters. The van der Waals surface area contributed by atoms with Crippen LogP contribution >= 0.6 is 0 Å². The fourth-order valence-electron chi connectivity index (χ4n) is 2.78. The number of carbonyl (C=O) groups is 2. The van der Waals surface area contributed by atoms with Crippen molar-refractivity contribution in [3.8, 4) is 0 Å². The topological polar surface area (TPSA) is 75.6 Å². The van der Waals surface area contributed by atoms with Crippen LogP contribution in [0, 0.1) is 18.8 Å². The number of carbonyl (C=O) groups excluding carboxylic acids is 1. The first kappa shape index (κ1) is 12.9. The van der Waals surface area contributed by atoms with E-state index in [4.69, 9.17) is 4.74 Å². The maximum atomic E-state index is 12.3. The molecule has 0 spiro atoms. The molecule has 0 radical (unpaired) electrons. The summed E-state index contributed by atoms with van der Waals surface area (Å²) in [6.07, 6.45) is 2.56. The van der Waals surface area contributed by atoms with Gasteiger partial charge in [0, 0.05) is 5.69 Å². The highest BCUT2D eigenvalue weighted by molar-refractivity contribution is 5.96. The lowest BCUT2D eigenvalue weighted by molar-refractivity contribution is -0.145. The van der Waals surface area contributed by atoms with Crippen LogP contribution in [-0.2, 0) is 14.3 Å². The van der Waals surface area contributed by atoms with Gasteiger partial charge in [0.25, 0.3) is 0 Å². The second-order valence-corrected chi connectivity index (χ2v) is 5.20. The van der Waals surface area contributed by atoms with Crippen LogP contribution in [0.1, 0.15) is 5.56 Å². The van der Waals surface area contributed by atoms with E-state index in [2.05, 4.69) is 5.32 Å². The molecule has 2 N–H and O–H groups in total. The van der Waals surface area contributed by atoms with Gasteiger partial charge in [-0.1, -0.05) is 29.8 Å². The number of rotatable bonds is 3. The summed E-state index contributed by atoms with van der Waals surface area (Å²) in [7, 11) is 0. The molecule has 1 saturated heterocycles. The number of anilines is 1. The van der Waals surface area contributed by atoms with Crippen LogP contribution < -0.4 is 5.32 Å². The van der Waals surface area contributed by atoms with Crippen molar-refractivity contribution in [3.05, 3.63) is 42.0 Å². The van der Waals surface area contributed by atoms with Crippen LogP contribution in [0.15, 0.2) is 36.4 Å². The van der Waals surface area contributed by atoms with Crippen LogP contribution in [0.4, 0.5) is 5.69 Å². The number of hydrogen-bond acceptors (Lipinski definition) is 3. The lowest BCUT2D eigenvalue weighted by Gasteiger charge is -2.21. The number of fused-ring (bicyclic) bond motifs is 2. The molecule has 2 bridgehead atoms. The zero-order valence-electron chi connectivity index (χ0n) is 10.9. The van der Waals surface area contributed by atoms with Gasteiger partial charge in [0.2, 0.25) is 5.91 Å². The smallest absolute Gasteiger partial charge is 0.310 e. The molecule has 5 nitrogen and oxygen atoms in total. The number of amides is 1. The molecular weight excluding hydrogens is 258 g/mol. The number of aryl methyl sites for hydroxylation is 1. The molecule has 2 aliphatic rings. The highest BCUT2D eigenvalue weighted by Gasteiger charge is 2.53. The molecule has 20 heavy (non-hydrogen) atoms. The van der Waals surface area contributed by atoms with E-state index in [9.17, 15) is 14.7 Å². The summed E-state index contributed by atoms with van der Waals surface area (Å²) in [6, 6.07) is 7.38. The second kappa shape index (κ2) is 4.76. The molecule has 104 valence electrons. The predicted octanol–water partition coefficient (Wildman–Crippen LogP) is 1.59. The Morgan fingerprint density at radius 1 is 1.10 bits per heavy atom. The Labute approximate surface area is 116 Å². The fourth-order valence-corrected chi connectivity index (χ4v) is 2.78. The van der Waals surface area contributed by atoms with Crippen molar-refractivity contribution in [2.45, 2.75) is 19.1 Å². The summed E-state index contributed by atoms with van der Waals surface area (Å²) in [5.41, 5.74) is 1.76. The summed E-state index contributed by atoms with van der Waals surface area (Å²) in [6.45, 7) is 1.96. The molecule has 0 aromatic heterocycles. The molecular formula is C15H15NO4. The summed E-state index contributed by atoms with van der Waals surface area (Å²) < 4.78 is 5.48. The minimum atomic E-state index is -0.995. The molecule has 0 aliphatic carbocycles. The standard InChI is InChI=1S/C15H15NO4/c1-8-2-4-9(5-3-8)16-14(17)12-10-6-7-11(20-10)13(12)15(18)19/h2-7,10-13H,1H3,(H,16,17)(H,18,19)/t10-,11+,12-,13+/m0/s1. The Hall–Kier alpha value is -2.14. The minimum Gasteiger partial charge on any atom is -0.481 e. The molecule has 0 saturated carbocycles. The van der Waals surface area contributed by atoms with E-state index in [-0.39, 0.29) is 5.91 Å². The maximum absolute atomic E-state index is 12.3. The van der Waals surface area contributed by atoms with Gasteiger partial charge in [0.1, 0.15) is 5.92 Å². The summed E-state index contributed by atoms with van der Waals surface area (Å²) in [5.74, 6) is -2.79. The van der Waals surface area contributed by atoms with E-state index >= 15 is 0 Å². The number of ether oxygens (including phenoxy) is 1. The van der Waals surface area contributed by atoms with Crippen LogP contribution in [0.25, 0.3) is 0 Å². The highest BCUT2D eigenvalue weighted by Crippen LogP contribution is 2.39. The van der Waals surface area contributed by atoms with E-state index in [1.807, 2.05) is 19.1 Å². The van der Waals surface area contributed by atoms with Gasteiger partial charge >= 0.3 is 5.97 Å². The monoisotopic (exact) mass is 273 g/mol. The van der Waals surface area contributed by atoms with E-state index in [1.165, 1.54) is 0 Å². The van der Waals surface area contributed by atoms with Crippen molar-refractivity contribution >= 4 is 17.6 Å². The van der Waals surface area contributed by atoms with Gasteiger partial charge in [-0.05, 0) is 19.1 Å². The third-order valence-electron chi connectivity index (χ3n) is 3.81. The Balaban J connectivity index is 1.78. The summed E-state index contributed by atoms with van der Waals surface area (Å²) in [4.78, 5) is 23.6. The van der Waals surface area contributed by atoms with Gasteiger partial charge in [-0.3, -0.25) is 9.59 Å². The maximum Gasteiger partial charge on any atom is 0.310 e. The number of benzene rings is 1. The average Bonchev–Trinajstić information content (AvgIpc) is 3.01. The van der Waals surface area contributed by atoms with Crippen molar-refractivity contribution in [2.24, 2.45) is 11.8 Å². The average molecular weight is 273 g/mol. The molecule has 5 heteroatoms. The van der Waals surface area contributed by atoms with E-state index in [0.29, 0.717) is 5.69 Å². The van der Waals surface area contributed by atoms with Crippen molar-refractivity contribution in [1.82, 2.24) is 0 Å². The highest BCUT2D eigenvalue weighted by atomic mass is 16.5. The molecule has 1 aromatic rings. The summed E-state index contributed by atoms with van der Waals surface area (Å²) in [5, 5.41) is 12.0. The third kappa shape index (κ3) is 2.10. The van der Waals surface area contributed by atoms with Crippen molar-refractivity contribution in [3.63, 3.8) is 0 Å². The quantitative estimate of drug-likeness (QED) is 0.820. The minimum absolute atomic E-state index is 0.307. The van der Waals surface area contributed by atoms with Crippen LogP contribution in [0.3, 0.4) is 0 Å². The molecule has 2 heterocycles. The van der Waals surface area contributed by atoms with Gasteiger partial charge in [0.05, 0.1) is 18.1 Å². The Morgan fingerprint density at radius 2 is 1.70 bits per heavy atom. The number of hydrogen-bond donors (Lipinski definition) is 2. The fraction of sp³-hybridized carbons (Fsp3) is 0.333. The van der Waals surface area contributed by atoms with Crippen molar-refractivity contribution < 1.29 is 19.4 Å². The number of carboxylic acid groups (broad SMARTS) is 1. The molecule has 1 fully saturated rings. The van der Waals surface area contributed by atoms with Gasteiger partial charge in [-0.15, -0.1) is 0 Å². The second-order valence-electron chi connectivity index (χ2n) is 5.20. The van der Waals surface area contributed by atoms with Gasteiger partial charge in [-0.2, -0.15) is 0 Å². The lowest BCUT2D eigenvalue weighted by Crippen LogP contribution is -2.39. The Kier molecular flexibility index (Phi) is 3.06. The van der Waals surface area contributed by atoms with Crippen molar-refractivity contribution in [2.75, 3.05) is 5.32 Å². The lowest BCUT2D eigenvalue weighted by atomic mass is 9.82. The Bertz CT molecular complexity index is 578. The zero-order valence-corrected chi connectivity index (χ0v) is 10.9. The van der Waals surface area contributed by atoms with Gasteiger partial charge in [0.15, 0.2) is 0 Å². The van der Waals surface area contributed by atoms with Crippen LogP contribution in [0.5, 0.6) is 0 Å². The van der Waals surface area contributed by atoms with Crippen molar-refractivity contribution in [1.29, 1.82) is 0 Å². The van der Waals surface area contributed by atoms with E-state index < -0.39 is 30.0 Å². The Morgan fingerprint density at radius 3 is 2.30 bits per heavy atom. The number of carboxylic acids is 1. The molecule has 1 amide bonds. The first-order chi connectivity index (χ1) is 9.56. The number of nitrogens with one attached hydrogen (secondary N) is 1. The van der Waals surface area contributed by atoms with Gasteiger partial charge in [-0.25, -0.2) is 0 Å². The first-order valence-electron chi connectivity index (χ1n) is 6.50. The molecule has 2 aliphatic heterocycles. The van der Waals surface area contributed by atoms with E-state index in [1.54, 1.807) is 24.3 Å². The third-order valence-corrected chi connectivity index (χ3v) is 3.81. The largest absolute Gasteiger partial charge is 0.481 e.